The van der Waals surface area contributed by atoms with E-state index in [0.29, 0.717) is 23.8 Å². The Morgan fingerprint density at radius 1 is 1.24 bits per heavy atom. The predicted molar refractivity (Wildman–Crippen MR) is 79.5 cm³/mol. The van der Waals surface area contributed by atoms with Gasteiger partial charge in [-0.1, -0.05) is 16.8 Å². The lowest BCUT2D eigenvalue weighted by molar-refractivity contribution is 0.0708. The largest absolute Gasteiger partial charge is 0.337 e. The molecule has 1 fully saturated rings. The average Bonchev–Trinajstić information content (AvgIpc) is 2.98. The van der Waals surface area contributed by atoms with Crippen molar-refractivity contribution in [2.45, 2.75) is 18.9 Å². The topological polar surface area (TPSA) is 77.0 Å². The first kappa shape index (κ1) is 14.0. The van der Waals surface area contributed by atoms with E-state index in [2.05, 4.69) is 10.3 Å². The van der Waals surface area contributed by atoms with E-state index >= 15 is 0 Å². The molecule has 6 nitrogen and oxygen atoms in total. The molecule has 2 aromatic rings. The second-order valence-corrected chi connectivity index (χ2v) is 5.59. The van der Waals surface area contributed by atoms with Gasteiger partial charge in [-0.3, -0.25) is 4.79 Å². The molecule has 7 heteroatoms. The molecule has 2 heterocycles. The van der Waals surface area contributed by atoms with Crippen LogP contribution in [0.25, 0.3) is 5.69 Å². The summed E-state index contributed by atoms with van der Waals surface area (Å²) in [4.78, 5) is 14.1. The summed E-state index contributed by atoms with van der Waals surface area (Å²) in [6.07, 6.45) is 3.30. The van der Waals surface area contributed by atoms with Crippen LogP contribution in [0.3, 0.4) is 0 Å². The van der Waals surface area contributed by atoms with Crippen LogP contribution in [0.5, 0.6) is 0 Å². The summed E-state index contributed by atoms with van der Waals surface area (Å²) >= 11 is 5.85. The minimum absolute atomic E-state index is 0.0953. The number of piperidine rings is 1. The van der Waals surface area contributed by atoms with Crippen LogP contribution in [-0.4, -0.2) is 44.9 Å². The lowest BCUT2D eigenvalue weighted by Gasteiger charge is -2.29. The third kappa shape index (κ3) is 3.06. The van der Waals surface area contributed by atoms with E-state index in [9.17, 15) is 4.79 Å². The molecule has 0 unspecified atom stereocenters. The number of likely N-dealkylation sites (tertiary alicyclic amines) is 1. The molecule has 0 aliphatic carbocycles. The van der Waals surface area contributed by atoms with Gasteiger partial charge in [0.1, 0.15) is 0 Å². The van der Waals surface area contributed by atoms with Crippen LogP contribution >= 0.6 is 11.6 Å². The van der Waals surface area contributed by atoms with E-state index in [-0.39, 0.29) is 11.9 Å². The summed E-state index contributed by atoms with van der Waals surface area (Å²) in [7, 11) is 0. The number of carbonyl (C=O) groups is 1. The summed E-state index contributed by atoms with van der Waals surface area (Å²) in [5.41, 5.74) is 7.01. The van der Waals surface area contributed by atoms with Crippen LogP contribution < -0.4 is 5.73 Å². The van der Waals surface area contributed by atoms with E-state index in [1.54, 1.807) is 27.9 Å². The van der Waals surface area contributed by atoms with Crippen molar-refractivity contribution in [1.29, 1.82) is 0 Å². The van der Waals surface area contributed by atoms with Gasteiger partial charge in [0.2, 0.25) is 0 Å². The van der Waals surface area contributed by atoms with Gasteiger partial charge in [-0.2, -0.15) is 0 Å². The molecular formula is C14H16ClN5O. The number of hydrogen-bond donors (Lipinski definition) is 1. The standard InChI is InChI=1S/C14H16ClN5O/c15-10-1-3-12(4-2-10)20-9-13(17-18-20)14(21)19-7-5-11(16)6-8-19/h1-4,9,11H,5-8,16H2. The highest BCUT2D eigenvalue weighted by Crippen LogP contribution is 2.14. The minimum atomic E-state index is -0.0953. The summed E-state index contributed by atoms with van der Waals surface area (Å²) < 4.78 is 1.57. The maximum Gasteiger partial charge on any atom is 0.276 e. The molecule has 1 aromatic heterocycles. The van der Waals surface area contributed by atoms with Gasteiger partial charge in [-0.15, -0.1) is 5.10 Å². The Labute approximate surface area is 127 Å². The van der Waals surface area contributed by atoms with Gasteiger partial charge >= 0.3 is 0 Å². The molecule has 110 valence electrons. The number of carbonyl (C=O) groups excluding carboxylic acids is 1. The Hall–Kier alpha value is -1.92. The number of aromatic nitrogens is 3. The van der Waals surface area contributed by atoms with E-state index in [4.69, 9.17) is 17.3 Å². The van der Waals surface area contributed by atoms with Crippen molar-refractivity contribution in [3.63, 3.8) is 0 Å². The minimum Gasteiger partial charge on any atom is -0.337 e. The second-order valence-electron chi connectivity index (χ2n) is 5.15. The SMILES string of the molecule is NC1CCN(C(=O)c2cn(-c3ccc(Cl)cc3)nn2)CC1. The quantitative estimate of drug-likeness (QED) is 0.912. The van der Waals surface area contributed by atoms with E-state index < -0.39 is 0 Å². The van der Waals surface area contributed by atoms with Gasteiger partial charge in [-0.05, 0) is 37.1 Å². The van der Waals surface area contributed by atoms with Crippen molar-refractivity contribution in [3.8, 4) is 5.69 Å². The molecule has 1 aliphatic heterocycles. The Morgan fingerprint density at radius 3 is 2.57 bits per heavy atom. The van der Waals surface area contributed by atoms with Gasteiger partial charge in [-0.25, -0.2) is 4.68 Å². The fourth-order valence-corrected chi connectivity index (χ4v) is 2.47. The first-order chi connectivity index (χ1) is 10.1. The number of hydrogen-bond acceptors (Lipinski definition) is 4. The highest BCUT2D eigenvalue weighted by Gasteiger charge is 2.23. The summed E-state index contributed by atoms with van der Waals surface area (Å²) in [6, 6.07) is 7.38. The third-order valence-corrected chi connectivity index (χ3v) is 3.88. The van der Waals surface area contributed by atoms with Crippen LogP contribution in [0.4, 0.5) is 0 Å². The van der Waals surface area contributed by atoms with Crippen molar-refractivity contribution in [2.75, 3.05) is 13.1 Å². The fraction of sp³-hybridized carbons (Fsp3) is 0.357. The van der Waals surface area contributed by atoms with Gasteiger partial charge in [0.25, 0.3) is 5.91 Å². The van der Waals surface area contributed by atoms with Crippen molar-refractivity contribution in [3.05, 3.63) is 41.2 Å². The normalized spacial score (nSPS) is 16.2. The molecule has 1 aliphatic rings. The first-order valence-electron chi connectivity index (χ1n) is 6.86. The molecule has 3 rings (SSSR count). The highest BCUT2D eigenvalue weighted by molar-refractivity contribution is 6.30. The number of amides is 1. The highest BCUT2D eigenvalue weighted by atomic mass is 35.5. The van der Waals surface area contributed by atoms with Gasteiger partial charge in [0, 0.05) is 24.2 Å². The monoisotopic (exact) mass is 305 g/mol. The third-order valence-electron chi connectivity index (χ3n) is 3.63. The van der Waals surface area contributed by atoms with E-state index in [1.807, 2.05) is 12.1 Å². The van der Waals surface area contributed by atoms with Gasteiger partial charge in [0.15, 0.2) is 5.69 Å². The molecule has 1 aromatic carbocycles. The molecule has 1 saturated heterocycles. The van der Waals surface area contributed by atoms with Crippen molar-refractivity contribution < 1.29 is 4.79 Å². The lowest BCUT2D eigenvalue weighted by atomic mass is 10.1. The number of halogens is 1. The Kier molecular flexibility index (Phi) is 3.90. The molecule has 1 amide bonds. The molecule has 21 heavy (non-hydrogen) atoms. The Balaban J connectivity index is 1.75. The van der Waals surface area contributed by atoms with E-state index in [1.165, 1.54) is 0 Å². The number of benzene rings is 1. The van der Waals surface area contributed by atoms with Crippen molar-refractivity contribution in [2.24, 2.45) is 5.73 Å². The zero-order chi connectivity index (χ0) is 14.8. The maximum absolute atomic E-state index is 12.4. The summed E-state index contributed by atoms with van der Waals surface area (Å²) in [6.45, 7) is 1.35. The van der Waals surface area contributed by atoms with Crippen molar-refractivity contribution >= 4 is 17.5 Å². The lowest BCUT2D eigenvalue weighted by Crippen LogP contribution is -2.43. The number of rotatable bonds is 2. The zero-order valence-corrected chi connectivity index (χ0v) is 12.2. The average molecular weight is 306 g/mol. The Bertz CT molecular complexity index is 631. The van der Waals surface area contributed by atoms with Crippen LogP contribution in [0.15, 0.2) is 30.5 Å². The zero-order valence-electron chi connectivity index (χ0n) is 11.4. The molecule has 0 radical (unpaired) electrons. The molecule has 0 saturated carbocycles. The van der Waals surface area contributed by atoms with Gasteiger partial charge in [0.05, 0.1) is 11.9 Å². The van der Waals surface area contributed by atoms with Crippen LogP contribution in [0.1, 0.15) is 23.3 Å². The van der Waals surface area contributed by atoms with Crippen molar-refractivity contribution in [1.82, 2.24) is 19.9 Å². The van der Waals surface area contributed by atoms with Crippen LogP contribution in [0, 0.1) is 0 Å². The smallest absolute Gasteiger partial charge is 0.276 e. The molecular weight excluding hydrogens is 290 g/mol. The van der Waals surface area contributed by atoms with Crippen LogP contribution in [0.2, 0.25) is 5.02 Å². The molecule has 0 bridgehead atoms. The predicted octanol–water partition coefficient (Wildman–Crippen LogP) is 1.48. The summed E-state index contributed by atoms with van der Waals surface area (Å²) in [5, 5.41) is 8.62. The molecule has 0 atom stereocenters. The summed E-state index contributed by atoms with van der Waals surface area (Å²) in [5.74, 6) is -0.0953. The fourth-order valence-electron chi connectivity index (χ4n) is 2.35. The maximum atomic E-state index is 12.4. The first-order valence-corrected chi connectivity index (χ1v) is 7.24. The number of nitrogens with zero attached hydrogens (tertiary/aromatic N) is 4. The second kappa shape index (κ2) is 5.83. The van der Waals surface area contributed by atoms with Gasteiger partial charge < -0.3 is 10.6 Å². The van der Waals surface area contributed by atoms with Crippen LogP contribution in [-0.2, 0) is 0 Å². The Morgan fingerprint density at radius 2 is 1.90 bits per heavy atom. The number of nitrogens with two attached hydrogens (primary N) is 1. The van der Waals surface area contributed by atoms with E-state index in [0.717, 1.165) is 18.5 Å². The molecule has 2 N–H and O–H groups in total. The molecule has 0 spiro atoms.